The summed E-state index contributed by atoms with van der Waals surface area (Å²) in [6.07, 6.45) is 4.03. The lowest BCUT2D eigenvalue weighted by Crippen LogP contribution is -2.45. The molecule has 0 saturated heterocycles. The molecule has 0 saturated carbocycles. The molecule has 0 aliphatic heterocycles. The normalized spacial score (nSPS) is 13.0. The van der Waals surface area contributed by atoms with Crippen LogP contribution in [0, 0.1) is 5.41 Å². The van der Waals surface area contributed by atoms with Crippen molar-refractivity contribution in [3.05, 3.63) is 53.9 Å². The third kappa shape index (κ3) is 8.18. The van der Waals surface area contributed by atoms with E-state index in [1.54, 1.807) is 7.11 Å². The number of methoxy groups -OCH3 is 1. The first-order chi connectivity index (χ1) is 12.9. The number of nitrogens with one attached hydrogen (secondary N) is 2. The van der Waals surface area contributed by atoms with Crippen LogP contribution in [0.1, 0.15) is 38.8 Å². The summed E-state index contributed by atoms with van der Waals surface area (Å²) in [6, 6.07) is 10.3. The minimum absolute atomic E-state index is 0. The molecule has 2 rings (SSSR count). The zero-order valence-electron chi connectivity index (χ0n) is 17.6. The number of hydrogen-bond acceptors (Lipinski definition) is 3. The Morgan fingerprint density at radius 2 is 1.89 bits per heavy atom. The molecule has 0 aliphatic carbocycles. The molecule has 1 atom stereocenters. The summed E-state index contributed by atoms with van der Waals surface area (Å²) in [4.78, 5) is 4.68. The van der Waals surface area contributed by atoms with E-state index in [9.17, 15) is 0 Å². The molecule has 28 heavy (non-hydrogen) atoms. The predicted octanol–water partition coefficient (Wildman–Crippen LogP) is 3.67. The Morgan fingerprint density at radius 1 is 1.18 bits per heavy atom. The molecular formula is C21H34IN5O. The van der Waals surface area contributed by atoms with Crippen molar-refractivity contribution in [2.24, 2.45) is 10.4 Å². The molecule has 0 spiro atoms. The van der Waals surface area contributed by atoms with E-state index in [0.717, 1.165) is 24.6 Å². The molecule has 2 N–H and O–H groups in total. The smallest absolute Gasteiger partial charge is 0.191 e. The first kappa shape index (κ1) is 24.4. The van der Waals surface area contributed by atoms with Gasteiger partial charge < -0.3 is 15.4 Å². The predicted molar refractivity (Wildman–Crippen MR) is 126 cm³/mol. The van der Waals surface area contributed by atoms with Crippen molar-refractivity contribution in [3.8, 4) is 0 Å². The van der Waals surface area contributed by atoms with Crippen LogP contribution < -0.4 is 10.6 Å². The Kier molecular flexibility index (Phi) is 10.5. The first-order valence-electron chi connectivity index (χ1n) is 9.52. The summed E-state index contributed by atoms with van der Waals surface area (Å²) in [5.74, 6) is 0.791. The molecule has 1 heterocycles. The van der Waals surface area contributed by atoms with Gasteiger partial charge in [0.1, 0.15) is 0 Å². The van der Waals surface area contributed by atoms with Crippen LogP contribution in [-0.4, -0.2) is 42.0 Å². The summed E-state index contributed by atoms with van der Waals surface area (Å²) in [5.41, 5.74) is 2.39. The van der Waals surface area contributed by atoms with Crippen LogP contribution in [-0.2, 0) is 17.8 Å². The van der Waals surface area contributed by atoms with Gasteiger partial charge in [-0.05, 0) is 17.9 Å². The van der Waals surface area contributed by atoms with E-state index < -0.39 is 0 Å². The number of guanidine groups is 1. The summed E-state index contributed by atoms with van der Waals surface area (Å²) in [6.45, 7) is 11.5. The van der Waals surface area contributed by atoms with E-state index in [-0.39, 0.29) is 35.5 Å². The minimum atomic E-state index is 0. The lowest BCUT2D eigenvalue weighted by Gasteiger charge is -2.30. The average Bonchev–Trinajstić information content (AvgIpc) is 3.07. The van der Waals surface area contributed by atoms with E-state index >= 15 is 0 Å². The minimum Gasteiger partial charge on any atom is -0.379 e. The summed E-state index contributed by atoms with van der Waals surface area (Å²) < 4.78 is 7.55. The van der Waals surface area contributed by atoms with Gasteiger partial charge in [-0.2, -0.15) is 5.10 Å². The van der Waals surface area contributed by atoms with Crippen LogP contribution in [0.2, 0.25) is 0 Å². The van der Waals surface area contributed by atoms with E-state index in [2.05, 4.69) is 60.6 Å². The van der Waals surface area contributed by atoms with Crippen molar-refractivity contribution in [2.45, 2.75) is 46.9 Å². The second-order valence-electron chi connectivity index (χ2n) is 7.70. The highest BCUT2D eigenvalue weighted by Gasteiger charge is 2.24. The van der Waals surface area contributed by atoms with Gasteiger partial charge in [-0.3, -0.25) is 4.68 Å². The molecule has 0 fully saturated rings. The Labute approximate surface area is 186 Å². The maximum absolute atomic E-state index is 5.61. The number of aliphatic imine (C=N–C) groups is 1. The molecule has 1 aromatic carbocycles. The second kappa shape index (κ2) is 12.1. The highest BCUT2D eigenvalue weighted by atomic mass is 127. The van der Waals surface area contributed by atoms with Crippen molar-refractivity contribution in [3.63, 3.8) is 0 Å². The largest absolute Gasteiger partial charge is 0.379 e. The maximum atomic E-state index is 5.61. The van der Waals surface area contributed by atoms with Crippen molar-refractivity contribution < 1.29 is 4.74 Å². The molecule has 0 bridgehead atoms. The molecule has 2 aromatic rings. The quantitative estimate of drug-likeness (QED) is 0.331. The number of halogens is 1. The molecule has 1 unspecified atom stereocenters. The topological polar surface area (TPSA) is 63.5 Å². The average molecular weight is 499 g/mol. The van der Waals surface area contributed by atoms with Crippen LogP contribution in [0.4, 0.5) is 0 Å². The van der Waals surface area contributed by atoms with Gasteiger partial charge >= 0.3 is 0 Å². The number of benzene rings is 1. The van der Waals surface area contributed by atoms with E-state index in [0.29, 0.717) is 13.1 Å². The zero-order valence-corrected chi connectivity index (χ0v) is 19.9. The van der Waals surface area contributed by atoms with Gasteiger partial charge in [0.05, 0.1) is 25.4 Å². The van der Waals surface area contributed by atoms with Gasteiger partial charge in [0.25, 0.3) is 0 Å². The number of rotatable bonds is 8. The third-order valence-electron chi connectivity index (χ3n) is 4.34. The van der Waals surface area contributed by atoms with Crippen molar-refractivity contribution >= 4 is 29.9 Å². The van der Waals surface area contributed by atoms with E-state index in [1.165, 1.54) is 5.56 Å². The molecule has 6 nitrogen and oxygen atoms in total. The van der Waals surface area contributed by atoms with Crippen molar-refractivity contribution in [1.29, 1.82) is 0 Å². The lowest BCUT2D eigenvalue weighted by molar-refractivity contribution is 0.0205. The third-order valence-corrected chi connectivity index (χ3v) is 4.34. The van der Waals surface area contributed by atoms with Crippen LogP contribution in [0.15, 0.2) is 47.7 Å². The van der Waals surface area contributed by atoms with Crippen LogP contribution in [0.25, 0.3) is 0 Å². The van der Waals surface area contributed by atoms with Crippen molar-refractivity contribution in [2.75, 3.05) is 20.2 Å². The molecule has 1 aromatic heterocycles. The fourth-order valence-electron chi connectivity index (χ4n) is 2.79. The summed E-state index contributed by atoms with van der Waals surface area (Å²) in [5, 5.41) is 11.1. The Morgan fingerprint density at radius 3 is 2.50 bits per heavy atom. The first-order valence-corrected chi connectivity index (χ1v) is 9.52. The Balaban J connectivity index is 0.00000392. The molecule has 0 amide bonds. The fraction of sp³-hybridized carbons (Fsp3) is 0.524. The van der Waals surface area contributed by atoms with Crippen LogP contribution >= 0.6 is 24.0 Å². The number of aromatic nitrogens is 2. The number of ether oxygens (including phenoxy) is 1. The van der Waals surface area contributed by atoms with E-state index in [4.69, 9.17) is 4.74 Å². The lowest BCUT2D eigenvalue weighted by atomic mass is 9.89. The fourth-order valence-corrected chi connectivity index (χ4v) is 2.79. The highest BCUT2D eigenvalue weighted by Crippen LogP contribution is 2.20. The van der Waals surface area contributed by atoms with E-state index in [1.807, 2.05) is 35.3 Å². The van der Waals surface area contributed by atoms with Gasteiger partial charge in [0.15, 0.2) is 5.96 Å². The van der Waals surface area contributed by atoms with Gasteiger partial charge in [-0.15, -0.1) is 24.0 Å². The molecule has 0 radical (unpaired) electrons. The van der Waals surface area contributed by atoms with Crippen LogP contribution in [0.3, 0.4) is 0 Å². The van der Waals surface area contributed by atoms with Gasteiger partial charge in [-0.1, -0.05) is 51.1 Å². The SMILES string of the molecule is CCNC(=NCc1cnn(Cc2ccccc2)c1)NCC(OC)C(C)(C)C.I. The van der Waals surface area contributed by atoms with Gasteiger partial charge in [0, 0.05) is 32.0 Å². The molecule has 0 aliphatic rings. The standard InChI is InChI=1S/C21H33N5O.HI/c1-6-22-20(24-14-19(27-5)21(2,3)4)23-12-18-13-25-26(16-18)15-17-10-8-7-9-11-17;/h7-11,13,16,19H,6,12,14-15H2,1-5H3,(H2,22,23,24);1H. The zero-order chi connectivity index (χ0) is 19.7. The van der Waals surface area contributed by atoms with Crippen molar-refractivity contribution in [1.82, 2.24) is 20.4 Å². The molecular weight excluding hydrogens is 465 g/mol. The highest BCUT2D eigenvalue weighted by molar-refractivity contribution is 14.0. The Bertz CT molecular complexity index is 709. The summed E-state index contributed by atoms with van der Waals surface area (Å²) >= 11 is 0. The summed E-state index contributed by atoms with van der Waals surface area (Å²) in [7, 11) is 1.75. The Hall–Kier alpha value is -1.61. The molecule has 156 valence electrons. The number of nitrogens with zero attached hydrogens (tertiary/aromatic N) is 3. The van der Waals surface area contributed by atoms with Gasteiger partial charge in [0.2, 0.25) is 0 Å². The maximum Gasteiger partial charge on any atom is 0.191 e. The number of hydrogen-bond donors (Lipinski definition) is 2. The van der Waals surface area contributed by atoms with Gasteiger partial charge in [-0.25, -0.2) is 4.99 Å². The second-order valence-corrected chi connectivity index (χ2v) is 7.70. The van der Waals surface area contributed by atoms with Crippen LogP contribution in [0.5, 0.6) is 0 Å². The molecule has 7 heteroatoms. The monoisotopic (exact) mass is 499 g/mol.